The summed E-state index contributed by atoms with van der Waals surface area (Å²) in [6, 6.07) is 8.77. The molecule has 0 aromatic heterocycles. The van der Waals surface area contributed by atoms with Crippen LogP contribution in [-0.4, -0.2) is 28.2 Å². The van der Waals surface area contributed by atoms with Crippen LogP contribution in [0.2, 0.25) is 0 Å². The second-order valence-electron chi connectivity index (χ2n) is 4.63. The van der Waals surface area contributed by atoms with Crippen molar-refractivity contribution in [1.29, 1.82) is 0 Å². The molecule has 2 aromatic rings. The van der Waals surface area contributed by atoms with Crippen molar-refractivity contribution in [2.24, 2.45) is 0 Å². The van der Waals surface area contributed by atoms with Gasteiger partial charge in [-0.2, -0.15) is 0 Å². The van der Waals surface area contributed by atoms with Gasteiger partial charge in [-0.25, -0.2) is 0 Å². The fourth-order valence-electron chi connectivity index (χ4n) is 2.03. The number of ketones is 1. The number of hydrogen-bond acceptors (Lipinski definition) is 5. The van der Waals surface area contributed by atoms with E-state index in [4.69, 9.17) is 4.74 Å². The highest BCUT2D eigenvalue weighted by atomic mass is 16.5. The monoisotopic (exact) mass is 318 g/mol. The fraction of sp³-hybridized carbons (Fsp3) is 0.278. The molecule has 2 aromatic carbocycles. The molecule has 2 rings (SSSR count). The lowest BCUT2D eigenvalue weighted by Crippen LogP contribution is -2.01. The van der Waals surface area contributed by atoms with Crippen LogP contribution in [0.1, 0.15) is 36.2 Å². The highest BCUT2D eigenvalue weighted by Gasteiger charge is 2.12. The van der Waals surface area contributed by atoms with E-state index in [1.165, 1.54) is 25.3 Å². The second-order valence-corrected chi connectivity index (χ2v) is 4.63. The summed E-state index contributed by atoms with van der Waals surface area (Å²) in [5, 5.41) is 28.3. The van der Waals surface area contributed by atoms with Crippen molar-refractivity contribution in [1.82, 2.24) is 0 Å². The molecule has 0 aliphatic carbocycles. The lowest BCUT2D eigenvalue weighted by atomic mass is 10.0. The quantitative estimate of drug-likeness (QED) is 0.732. The van der Waals surface area contributed by atoms with Gasteiger partial charge < -0.3 is 20.1 Å². The van der Waals surface area contributed by atoms with Crippen LogP contribution >= 0.6 is 0 Å². The van der Waals surface area contributed by atoms with Crippen molar-refractivity contribution >= 4 is 5.78 Å². The Morgan fingerprint density at radius 2 is 1.70 bits per heavy atom. The molecule has 0 amide bonds. The molecule has 0 aliphatic rings. The van der Waals surface area contributed by atoms with Crippen molar-refractivity contribution in [2.75, 3.05) is 7.11 Å². The van der Waals surface area contributed by atoms with Gasteiger partial charge in [-0.15, -0.1) is 0 Å². The fourth-order valence-corrected chi connectivity index (χ4v) is 2.03. The summed E-state index contributed by atoms with van der Waals surface area (Å²) < 4.78 is 5.01. The lowest BCUT2D eigenvalue weighted by Gasteiger charge is -2.07. The van der Waals surface area contributed by atoms with Gasteiger partial charge in [-0.05, 0) is 36.2 Å². The first-order chi connectivity index (χ1) is 11.0. The van der Waals surface area contributed by atoms with Gasteiger partial charge in [-0.3, -0.25) is 4.79 Å². The largest absolute Gasteiger partial charge is 0.508 e. The van der Waals surface area contributed by atoms with Crippen LogP contribution in [0.15, 0.2) is 36.4 Å². The Morgan fingerprint density at radius 1 is 1.00 bits per heavy atom. The number of carbonyl (C=O) groups is 1. The highest BCUT2D eigenvalue weighted by molar-refractivity contribution is 5.98. The molecule has 0 saturated heterocycles. The molecule has 23 heavy (non-hydrogen) atoms. The maximum Gasteiger partial charge on any atom is 0.166 e. The summed E-state index contributed by atoms with van der Waals surface area (Å²) in [6.45, 7) is 4.00. The van der Waals surface area contributed by atoms with Gasteiger partial charge in [0.15, 0.2) is 17.3 Å². The SMILES string of the molecule is CC.COc1cc(CCC(=O)c2ccc(O)cc2O)ccc1O. The Kier molecular flexibility index (Phi) is 6.93. The van der Waals surface area contributed by atoms with Crippen LogP contribution < -0.4 is 4.74 Å². The Bertz CT molecular complexity index is 664. The number of Topliss-reactive ketones (excluding diaryl/α,β-unsaturated/α-hetero) is 1. The second kappa shape index (κ2) is 8.68. The first-order valence-electron chi connectivity index (χ1n) is 7.42. The number of hydrogen-bond donors (Lipinski definition) is 3. The average molecular weight is 318 g/mol. The normalized spacial score (nSPS) is 9.70. The highest BCUT2D eigenvalue weighted by Crippen LogP contribution is 2.28. The number of aromatic hydroxyl groups is 3. The minimum absolute atomic E-state index is 0.0451. The first-order valence-corrected chi connectivity index (χ1v) is 7.42. The summed E-state index contributed by atoms with van der Waals surface area (Å²) in [5.74, 6) is -0.147. The van der Waals surface area contributed by atoms with Crippen LogP contribution in [-0.2, 0) is 6.42 Å². The summed E-state index contributed by atoms with van der Waals surface area (Å²) in [4.78, 5) is 12.0. The molecule has 0 spiro atoms. The molecular weight excluding hydrogens is 296 g/mol. The third-order valence-corrected chi connectivity index (χ3v) is 3.17. The Hall–Kier alpha value is -2.69. The van der Waals surface area contributed by atoms with Crippen LogP contribution in [0, 0.1) is 0 Å². The van der Waals surface area contributed by atoms with Gasteiger partial charge in [0.05, 0.1) is 12.7 Å². The third-order valence-electron chi connectivity index (χ3n) is 3.17. The van der Waals surface area contributed by atoms with Gasteiger partial charge >= 0.3 is 0 Å². The molecule has 0 bridgehead atoms. The predicted octanol–water partition coefficient (Wildman–Crippen LogP) is 3.65. The van der Waals surface area contributed by atoms with E-state index in [-0.39, 0.29) is 35.0 Å². The molecule has 0 heterocycles. The van der Waals surface area contributed by atoms with Gasteiger partial charge in [0.25, 0.3) is 0 Å². The van der Waals surface area contributed by atoms with E-state index in [0.717, 1.165) is 11.6 Å². The lowest BCUT2D eigenvalue weighted by molar-refractivity contribution is 0.0980. The van der Waals surface area contributed by atoms with Crippen LogP contribution in [0.4, 0.5) is 0 Å². The van der Waals surface area contributed by atoms with Crippen molar-refractivity contribution in [3.05, 3.63) is 47.5 Å². The Labute approximate surface area is 135 Å². The molecular formula is C18H22O5. The summed E-state index contributed by atoms with van der Waals surface area (Å²) >= 11 is 0. The molecule has 0 fully saturated rings. The minimum atomic E-state index is -0.233. The van der Waals surface area contributed by atoms with Crippen molar-refractivity contribution in [2.45, 2.75) is 26.7 Å². The van der Waals surface area contributed by atoms with E-state index < -0.39 is 0 Å². The Morgan fingerprint density at radius 3 is 2.30 bits per heavy atom. The maximum atomic E-state index is 12.0. The molecule has 5 nitrogen and oxygen atoms in total. The topological polar surface area (TPSA) is 87.0 Å². The summed E-state index contributed by atoms with van der Waals surface area (Å²) in [6.07, 6.45) is 0.655. The van der Waals surface area contributed by atoms with E-state index in [2.05, 4.69) is 0 Å². The zero-order chi connectivity index (χ0) is 17.4. The zero-order valence-electron chi connectivity index (χ0n) is 13.5. The zero-order valence-corrected chi connectivity index (χ0v) is 13.5. The number of phenols is 3. The Balaban J connectivity index is 0.00000127. The van der Waals surface area contributed by atoms with Gasteiger partial charge in [0.1, 0.15) is 11.5 Å². The standard InChI is InChI=1S/C16H16O5.C2H6/c1-21-16-8-10(3-7-14(16)19)2-6-13(18)12-5-4-11(17)9-15(12)20;1-2/h3-5,7-9,17,19-20H,2,6H2,1H3;1-2H3. The van der Waals surface area contributed by atoms with Crippen LogP contribution in [0.3, 0.4) is 0 Å². The maximum absolute atomic E-state index is 12.0. The van der Waals surface area contributed by atoms with E-state index in [1.807, 2.05) is 13.8 Å². The first kappa shape index (κ1) is 18.4. The molecule has 5 heteroatoms. The number of methoxy groups -OCH3 is 1. The molecule has 0 radical (unpaired) electrons. The van der Waals surface area contributed by atoms with Crippen LogP contribution in [0.25, 0.3) is 0 Å². The third kappa shape index (κ3) is 4.92. The number of ether oxygens (including phenoxy) is 1. The van der Waals surface area contributed by atoms with E-state index in [0.29, 0.717) is 12.2 Å². The molecule has 0 saturated carbocycles. The molecule has 0 unspecified atom stereocenters. The molecule has 124 valence electrons. The minimum Gasteiger partial charge on any atom is -0.508 e. The number of phenolic OH excluding ortho intramolecular Hbond substituents is 3. The van der Waals surface area contributed by atoms with Gasteiger partial charge in [0.2, 0.25) is 0 Å². The van der Waals surface area contributed by atoms with Crippen molar-refractivity contribution in [3.8, 4) is 23.0 Å². The van der Waals surface area contributed by atoms with Crippen LogP contribution in [0.5, 0.6) is 23.0 Å². The van der Waals surface area contributed by atoms with Gasteiger partial charge in [-0.1, -0.05) is 19.9 Å². The van der Waals surface area contributed by atoms with E-state index in [1.54, 1.807) is 12.1 Å². The number of benzene rings is 2. The summed E-state index contributed by atoms with van der Waals surface area (Å²) in [5.41, 5.74) is 1.02. The summed E-state index contributed by atoms with van der Waals surface area (Å²) in [7, 11) is 1.46. The average Bonchev–Trinajstić information content (AvgIpc) is 2.55. The number of rotatable bonds is 5. The van der Waals surface area contributed by atoms with E-state index in [9.17, 15) is 20.1 Å². The number of carbonyl (C=O) groups excluding carboxylic acids is 1. The van der Waals surface area contributed by atoms with Crippen molar-refractivity contribution < 1.29 is 24.9 Å². The van der Waals surface area contributed by atoms with Crippen molar-refractivity contribution in [3.63, 3.8) is 0 Å². The smallest absolute Gasteiger partial charge is 0.166 e. The van der Waals surface area contributed by atoms with E-state index >= 15 is 0 Å². The number of aryl methyl sites for hydroxylation is 1. The molecule has 3 N–H and O–H groups in total. The molecule has 0 atom stereocenters. The molecule has 0 aliphatic heterocycles. The van der Waals surface area contributed by atoms with Gasteiger partial charge in [0, 0.05) is 12.5 Å². The predicted molar refractivity (Wildman–Crippen MR) is 88.4 cm³/mol.